The first kappa shape index (κ1) is 16.0. The van der Waals surface area contributed by atoms with Crippen molar-refractivity contribution in [1.82, 2.24) is 0 Å². The molecule has 0 aromatic carbocycles. The summed E-state index contributed by atoms with van der Waals surface area (Å²) in [6, 6.07) is 0. The van der Waals surface area contributed by atoms with Gasteiger partial charge in [0.1, 0.15) is 0 Å². The molecule has 0 unspecified atom stereocenters. The third kappa shape index (κ3) is 68.7. The summed E-state index contributed by atoms with van der Waals surface area (Å²) in [5.74, 6) is 0. The number of hydrogen-bond donors (Lipinski definition) is 2. The van der Waals surface area contributed by atoms with Gasteiger partial charge in [-0.2, -0.15) is 8.42 Å². The molecule has 4 nitrogen and oxygen atoms in total. The van der Waals surface area contributed by atoms with Crippen molar-refractivity contribution in [3.05, 3.63) is 0 Å². The van der Waals surface area contributed by atoms with E-state index in [2.05, 4.69) is 0 Å². The largest absolute Gasteiger partial charge is 0 e. The summed E-state index contributed by atoms with van der Waals surface area (Å²) < 4.78 is 31.6. The molecule has 0 aliphatic rings. The fraction of sp³-hybridized carbons (Fsp3) is 0. The van der Waals surface area contributed by atoms with Crippen LogP contribution in [0.5, 0.6) is 0 Å². The van der Waals surface area contributed by atoms with Crippen molar-refractivity contribution in [2.75, 3.05) is 0 Å². The van der Waals surface area contributed by atoms with E-state index in [-0.39, 0.29) is 69.9 Å². The van der Waals surface area contributed by atoms with Crippen LogP contribution in [-0.4, -0.2) is 68.9 Å². The van der Waals surface area contributed by atoms with E-state index >= 15 is 0 Å². The standard InChI is InChI=1S/K.H2O4S.V.H/c;1-5(2,3)4;;/h;(H2,1,2,3,4);;. The maximum Gasteiger partial charge on any atom is 0 e. The molecule has 0 atom stereocenters. The Kier molecular flexibility index (Phi) is 14.2. The molecule has 7 heteroatoms. The van der Waals surface area contributed by atoms with E-state index in [9.17, 15) is 0 Å². The van der Waals surface area contributed by atoms with Gasteiger partial charge in [-0.3, -0.25) is 9.11 Å². The predicted molar refractivity (Wildman–Crippen MR) is 21.3 cm³/mol. The topological polar surface area (TPSA) is 74.6 Å². The first-order valence-corrected chi connectivity index (χ1v) is 2.10. The van der Waals surface area contributed by atoms with Crippen LogP contribution in [0.3, 0.4) is 0 Å². The van der Waals surface area contributed by atoms with Crippen LogP contribution in [-0.2, 0) is 29.0 Å². The van der Waals surface area contributed by atoms with Gasteiger partial charge < -0.3 is 0 Å². The van der Waals surface area contributed by atoms with E-state index in [1.807, 2.05) is 0 Å². The SMILES string of the molecule is O=S(=O)(O)O.[KH].[V]. The van der Waals surface area contributed by atoms with Crippen molar-refractivity contribution in [2.24, 2.45) is 0 Å². The molecule has 0 aliphatic carbocycles. The molecule has 0 bridgehead atoms. The van der Waals surface area contributed by atoms with Gasteiger partial charge >= 0.3 is 61.8 Å². The van der Waals surface area contributed by atoms with Crippen LogP contribution in [0.2, 0.25) is 0 Å². The predicted octanol–water partition coefficient (Wildman–Crippen LogP) is -1.30. The Morgan fingerprint density at radius 3 is 1.14 bits per heavy atom. The second-order valence-electron chi connectivity index (χ2n) is 0.448. The number of rotatable bonds is 0. The molecule has 1 radical (unpaired) electrons. The van der Waals surface area contributed by atoms with Crippen LogP contribution in [0.25, 0.3) is 0 Å². The van der Waals surface area contributed by atoms with Crippen LogP contribution in [0.15, 0.2) is 0 Å². The van der Waals surface area contributed by atoms with Crippen LogP contribution in [0.1, 0.15) is 0 Å². The first-order valence-electron chi connectivity index (χ1n) is 0.698. The van der Waals surface area contributed by atoms with Gasteiger partial charge in [0.15, 0.2) is 0 Å². The number of hydrogen-bond acceptors (Lipinski definition) is 2. The zero-order chi connectivity index (χ0) is 4.50. The van der Waals surface area contributed by atoms with Crippen molar-refractivity contribution >= 4 is 61.8 Å². The summed E-state index contributed by atoms with van der Waals surface area (Å²) in [5, 5.41) is 0. The van der Waals surface area contributed by atoms with E-state index in [4.69, 9.17) is 17.5 Å². The van der Waals surface area contributed by atoms with Gasteiger partial charge in [0, 0.05) is 18.6 Å². The zero-order valence-electron chi connectivity index (χ0n) is 2.57. The molecule has 0 saturated carbocycles. The third-order valence-electron chi connectivity index (χ3n) is 0. The van der Waals surface area contributed by atoms with E-state index in [0.717, 1.165) is 0 Å². The average molecular weight is 189 g/mol. The second kappa shape index (κ2) is 6.21. The molecule has 0 heterocycles. The molecule has 2 N–H and O–H groups in total. The first-order chi connectivity index (χ1) is 2.00. The van der Waals surface area contributed by atoms with E-state index in [1.165, 1.54) is 0 Å². The van der Waals surface area contributed by atoms with Crippen molar-refractivity contribution in [3.8, 4) is 0 Å². The van der Waals surface area contributed by atoms with E-state index in [1.54, 1.807) is 0 Å². The molecule has 0 rings (SSSR count). The van der Waals surface area contributed by atoms with Crippen molar-refractivity contribution in [3.63, 3.8) is 0 Å². The van der Waals surface area contributed by atoms with Gasteiger partial charge in [-0.15, -0.1) is 0 Å². The second-order valence-corrected chi connectivity index (χ2v) is 1.34. The molecule has 0 saturated heterocycles. The average Bonchev–Trinajstić information content (AvgIpc) is 0.722. The van der Waals surface area contributed by atoms with E-state index < -0.39 is 10.4 Å². The minimum absolute atomic E-state index is 0. The Bertz CT molecular complexity index is 94.9. The Balaban J connectivity index is -0.0000000800. The molecule has 0 spiro atoms. The maximum atomic E-state index is 8.74. The summed E-state index contributed by atoms with van der Waals surface area (Å²) >= 11 is 0. The zero-order valence-corrected chi connectivity index (χ0v) is 4.78. The molecule has 7 heavy (non-hydrogen) atoms. The molecule has 0 amide bonds. The summed E-state index contributed by atoms with van der Waals surface area (Å²) in [5.41, 5.74) is 0. The Morgan fingerprint density at radius 2 is 1.14 bits per heavy atom. The van der Waals surface area contributed by atoms with Crippen LogP contribution >= 0.6 is 0 Å². The van der Waals surface area contributed by atoms with Crippen molar-refractivity contribution < 1.29 is 36.1 Å². The molecular weight excluding hydrogens is 186 g/mol. The molecule has 0 fully saturated rings. The summed E-state index contributed by atoms with van der Waals surface area (Å²) in [7, 11) is -4.67. The monoisotopic (exact) mass is 189 g/mol. The van der Waals surface area contributed by atoms with E-state index in [0.29, 0.717) is 0 Å². The Hall–Kier alpha value is 2.09. The molecule has 39 valence electrons. The van der Waals surface area contributed by atoms with Crippen LogP contribution < -0.4 is 0 Å². The Labute approximate surface area is 95.9 Å². The van der Waals surface area contributed by atoms with Crippen molar-refractivity contribution in [2.45, 2.75) is 0 Å². The Morgan fingerprint density at radius 1 is 1.14 bits per heavy atom. The quantitative estimate of drug-likeness (QED) is 0.366. The smallest absolute Gasteiger partial charge is 0 e. The minimum Gasteiger partial charge on any atom is 0 e. The van der Waals surface area contributed by atoms with Gasteiger partial charge in [-0.1, -0.05) is 0 Å². The van der Waals surface area contributed by atoms with Gasteiger partial charge in [0.2, 0.25) is 0 Å². The fourth-order valence-corrected chi connectivity index (χ4v) is 0. The third-order valence-corrected chi connectivity index (χ3v) is 0. The minimum atomic E-state index is -4.67. The van der Waals surface area contributed by atoms with Crippen molar-refractivity contribution in [1.29, 1.82) is 0 Å². The molecular formula is H3KO4SV. The van der Waals surface area contributed by atoms with Crippen LogP contribution in [0.4, 0.5) is 0 Å². The summed E-state index contributed by atoms with van der Waals surface area (Å²) in [6.07, 6.45) is 0. The van der Waals surface area contributed by atoms with Gasteiger partial charge in [0.25, 0.3) is 0 Å². The fourth-order valence-electron chi connectivity index (χ4n) is 0. The van der Waals surface area contributed by atoms with Gasteiger partial charge in [-0.25, -0.2) is 0 Å². The maximum absolute atomic E-state index is 8.74. The molecule has 0 aromatic heterocycles. The van der Waals surface area contributed by atoms with Gasteiger partial charge in [0.05, 0.1) is 0 Å². The molecule has 0 aliphatic heterocycles. The summed E-state index contributed by atoms with van der Waals surface area (Å²) in [4.78, 5) is 0. The normalized spacial score (nSPS) is 8.29. The summed E-state index contributed by atoms with van der Waals surface area (Å²) in [6.45, 7) is 0. The van der Waals surface area contributed by atoms with Crippen LogP contribution in [0, 0.1) is 0 Å². The molecule has 0 aromatic rings. The van der Waals surface area contributed by atoms with Gasteiger partial charge in [-0.05, 0) is 0 Å².